The van der Waals surface area contributed by atoms with Gasteiger partial charge in [0.1, 0.15) is 0 Å². The fraction of sp³-hybridized carbons (Fsp3) is 0.750. The lowest BCUT2D eigenvalue weighted by molar-refractivity contribution is 0.232. The molecule has 0 atom stereocenters. The average Bonchev–Trinajstić information content (AvgIpc) is 2.48. The van der Waals surface area contributed by atoms with Crippen molar-refractivity contribution in [1.82, 2.24) is 15.0 Å². The third-order valence-corrected chi connectivity index (χ3v) is 2.31. The maximum atomic E-state index is 5.41. The summed E-state index contributed by atoms with van der Waals surface area (Å²) >= 11 is 0. The van der Waals surface area contributed by atoms with Crippen molar-refractivity contribution in [2.45, 2.75) is 19.3 Å². The molecule has 9 heteroatoms. The summed E-state index contributed by atoms with van der Waals surface area (Å²) in [5, 5.41) is 0. The zero-order valence-corrected chi connectivity index (χ0v) is 12.2. The molecular weight excluding hydrogens is 276 g/mol. The van der Waals surface area contributed by atoms with Crippen LogP contribution < -0.4 is 31.4 Å². The summed E-state index contributed by atoms with van der Waals surface area (Å²) < 4.78 is 16.2. The van der Waals surface area contributed by atoms with Gasteiger partial charge >= 0.3 is 18.0 Å². The molecule has 6 N–H and O–H groups in total. The fourth-order valence-corrected chi connectivity index (χ4v) is 1.25. The zero-order chi connectivity index (χ0) is 15.3. The van der Waals surface area contributed by atoms with Crippen molar-refractivity contribution in [2.24, 2.45) is 17.2 Å². The smallest absolute Gasteiger partial charge is 0.325 e. The number of hydrogen-bond acceptors (Lipinski definition) is 9. The number of rotatable bonds is 12. The van der Waals surface area contributed by atoms with Gasteiger partial charge in [0.2, 0.25) is 0 Å². The van der Waals surface area contributed by atoms with Crippen molar-refractivity contribution in [3.05, 3.63) is 0 Å². The molecular formula is C12H24N6O3. The van der Waals surface area contributed by atoms with Gasteiger partial charge in [0.15, 0.2) is 0 Å². The van der Waals surface area contributed by atoms with E-state index in [2.05, 4.69) is 15.0 Å². The average molecular weight is 300 g/mol. The maximum absolute atomic E-state index is 5.41. The zero-order valence-electron chi connectivity index (χ0n) is 12.2. The largest absolute Gasteiger partial charge is 0.463 e. The van der Waals surface area contributed by atoms with E-state index in [-0.39, 0.29) is 18.0 Å². The highest BCUT2D eigenvalue weighted by atomic mass is 16.5. The Labute approximate surface area is 124 Å². The molecule has 1 rings (SSSR count). The van der Waals surface area contributed by atoms with Gasteiger partial charge < -0.3 is 31.4 Å². The van der Waals surface area contributed by atoms with Crippen LogP contribution in [0, 0.1) is 0 Å². The van der Waals surface area contributed by atoms with E-state index in [4.69, 9.17) is 31.4 Å². The first-order valence-corrected chi connectivity index (χ1v) is 7.04. The van der Waals surface area contributed by atoms with Gasteiger partial charge in [0.05, 0.1) is 19.8 Å². The van der Waals surface area contributed by atoms with Crippen LogP contribution in [0.4, 0.5) is 0 Å². The van der Waals surface area contributed by atoms with E-state index in [9.17, 15) is 0 Å². The molecule has 1 aromatic heterocycles. The minimum absolute atomic E-state index is 0.156. The second kappa shape index (κ2) is 11.0. The monoisotopic (exact) mass is 300 g/mol. The van der Waals surface area contributed by atoms with Crippen molar-refractivity contribution in [3.8, 4) is 18.0 Å². The number of nitrogens with two attached hydrogens (primary N) is 3. The van der Waals surface area contributed by atoms with Crippen molar-refractivity contribution in [1.29, 1.82) is 0 Å². The molecule has 0 saturated carbocycles. The normalized spacial score (nSPS) is 10.4. The van der Waals surface area contributed by atoms with E-state index >= 15 is 0 Å². The van der Waals surface area contributed by atoms with Gasteiger partial charge in [-0.3, -0.25) is 0 Å². The first kappa shape index (κ1) is 17.3. The van der Waals surface area contributed by atoms with Gasteiger partial charge in [-0.2, -0.15) is 0 Å². The van der Waals surface area contributed by atoms with Crippen LogP contribution >= 0.6 is 0 Å². The molecule has 0 saturated heterocycles. The van der Waals surface area contributed by atoms with Crippen LogP contribution in [0.1, 0.15) is 19.3 Å². The topological polar surface area (TPSA) is 144 Å². The summed E-state index contributed by atoms with van der Waals surface area (Å²) in [6.07, 6.45) is 2.12. The van der Waals surface area contributed by atoms with E-state index < -0.39 is 0 Å². The van der Waals surface area contributed by atoms with Crippen LogP contribution in [0.5, 0.6) is 18.0 Å². The SMILES string of the molecule is NCCCOc1nc(OCCCN)nc(OCCCN)n1. The maximum Gasteiger partial charge on any atom is 0.325 e. The van der Waals surface area contributed by atoms with E-state index in [1.165, 1.54) is 0 Å². The molecule has 0 unspecified atom stereocenters. The Morgan fingerprint density at radius 1 is 0.571 bits per heavy atom. The summed E-state index contributed by atoms with van der Waals surface area (Å²) in [6, 6.07) is 0.469. The van der Waals surface area contributed by atoms with Crippen LogP contribution in [-0.4, -0.2) is 54.4 Å². The summed E-state index contributed by atoms with van der Waals surface area (Å²) in [7, 11) is 0. The van der Waals surface area contributed by atoms with Crippen LogP contribution in [0.2, 0.25) is 0 Å². The number of nitrogens with zero attached hydrogens (tertiary/aromatic N) is 3. The van der Waals surface area contributed by atoms with Crippen molar-refractivity contribution >= 4 is 0 Å². The molecule has 0 aliphatic rings. The molecule has 9 nitrogen and oxygen atoms in total. The van der Waals surface area contributed by atoms with Gasteiger partial charge in [-0.1, -0.05) is 0 Å². The fourth-order valence-electron chi connectivity index (χ4n) is 1.25. The second-order valence-corrected chi connectivity index (χ2v) is 4.16. The number of aromatic nitrogens is 3. The highest BCUT2D eigenvalue weighted by molar-refractivity contribution is 5.09. The summed E-state index contributed by atoms with van der Waals surface area (Å²) in [5.41, 5.74) is 16.2. The predicted molar refractivity (Wildman–Crippen MR) is 77.3 cm³/mol. The van der Waals surface area contributed by atoms with Gasteiger partial charge in [-0.25, -0.2) is 0 Å². The molecule has 1 heterocycles. The van der Waals surface area contributed by atoms with Crippen molar-refractivity contribution < 1.29 is 14.2 Å². The summed E-state index contributed by atoms with van der Waals surface area (Å²) in [6.45, 7) is 2.86. The minimum Gasteiger partial charge on any atom is -0.463 e. The number of hydrogen-bond donors (Lipinski definition) is 3. The summed E-state index contributed by atoms with van der Waals surface area (Å²) in [4.78, 5) is 12.2. The quantitative estimate of drug-likeness (QED) is 0.416. The van der Waals surface area contributed by atoms with E-state index in [0.29, 0.717) is 58.7 Å². The van der Waals surface area contributed by atoms with Gasteiger partial charge in [0, 0.05) is 0 Å². The molecule has 0 aromatic carbocycles. The molecule has 0 fully saturated rings. The highest BCUT2D eigenvalue weighted by Gasteiger charge is 2.09. The van der Waals surface area contributed by atoms with Gasteiger partial charge in [0.25, 0.3) is 0 Å². The lowest BCUT2D eigenvalue weighted by Crippen LogP contribution is -2.13. The van der Waals surface area contributed by atoms with E-state index in [0.717, 1.165) is 0 Å². The Hall–Kier alpha value is -1.71. The van der Waals surface area contributed by atoms with E-state index in [1.54, 1.807) is 0 Å². The molecule has 1 aromatic rings. The van der Waals surface area contributed by atoms with Crippen molar-refractivity contribution in [3.63, 3.8) is 0 Å². The molecule has 0 aliphatic carbocycles. The molecule has 0 spiro atoms. The Bertz CT molecular complexity index is 324. The Morgan fingerprint density at radius 2 is 0.857 bits per heavy atom. The Morgan fingerprint density at radius 3 is 1.10 bits per heavy atom. The lowest BCUT2D eigenvalue weighted by atomic mass is 10.5. The molecule has 0 radical (unpaired) electrons. The molecule has 21 heavy (non-hydrogen) atoms. The highest BCUT2D eigenvalue weighted by Crippen LogP contribution is 2.15. The molecule has 0 amide bonds. The Kier molecular flexibility index (Phi) is 9.09. The molecule has 120 valence electrons. The Balaban J connectivity index is 2.65. The van der Waals surface area contributed by atoms with Crippen LogP contribution in [0.15, 0.2) is 0 Å². The third kappa shape index (κ3) is 7.59. The first-order chi connectivity index (χ1) is 10.3. The lowest BCUT2D eigenvalue weighted by Gasteiger charge is -2.09. The standard InChI is InChI=1S/C12H24N6O3/c13-4-1-7-19-10-16-11(20-8-2-5-14)18-12(17-10)21-9-3-6-15/h1-9,13-15H2. The molecule has 0 bridgehead atoms. The second-order valence-electron chi connectivity index (χ2n) is 4.16. The predicted octanol–water partition coefficient (Wildman–Crippen LogP) is -0.946. The van der Waals surface area contributed by atoms with E-state index in [1.807, 2.05) is 0 Å². The van der Waals surface area contributed by atoms with Crippen LogP contribution in [-0.2, 0) is 0 Å². The third-order valence-electron chi connectivity index (χ3n) is 2.31. The van der Waals surface area contributed by atoms with Crippen LogP contribution in [0.3, 0.4) is 0 Å². The van der Waals surface area contributed by atoms with Crippen molar-refractivity contribution in [2.75, 3.05) is 39.5 Å². The van der Waals surface area contributed by atoms with Gasteiger partial charge in [-0.15, -0.1) is 15.0 Å². The minimum atomic E-state index is 0.156. The molecule has 0 aliphatic heterocycles. The summed E-state index contributed by atoms with van der Waals surface area (Å²) in [5.74, 6) is 0. The number of ether oxygens (including phenoxy) is 3. The van der Waals surface area contributed by atoms with Gasteiger partial charge in [-0.05, 0) is 38.9 Å². The van der Waals surface area contributed by atoms with Crippen LogP contribution in [0.25, 0.3) is 0 Å². The first-order valence-electron chi connectivity index (χ1n) is 7.04.